The first kappa shape index (κ1) is 17.4. The van der Waals surface area contributed by atoms with Crippen molar-refractivity contribution in [2.24, 2.45) is 11.8 Å². The molecule has 2 heterocycles. The quantitative estimate of drug-likeness (QED) is 0.900. The van der Waals surface area contributed by atoms with Gasteiger partial charge in [0.05, 0.1) is 6.54 Å². The molecule has 134 valence electrons. The molecule has 2 atom stereocenters. The maximum atomic E-state index is 14.0. The van der Waals surface area contributed by atoms with Crippen molar-refractivity contribution in [2.45, 2.75) is 38.7 Å². The van der Waals surface area contributed by atoms with Gasteiger partial charge < -0.3 is 4.90 Å². The van der Waals surface area contributed by atoms with E-state index in [4.69, 9.17) is 0 Å². The van der Waals surface area contributed by atoms with E-state index >= 15 is 0 Å². The number of alkyl halides is 2. The van der Waals surface area contributed by atoms with E-state index in [0.29, 0.717) is 6.42 Å². The van der Waals surface area contributed by atoms with Crippen LogP contribution in [0, 0.1) is 11.8 Å². The minimum atomic E-state index is -2.95. The molecule has 0 aliphatic carbocycles. The number of amides is 1. The maximum Gasteiger partial charge on any atom is 0.267 e. The summed E-state index contributed by atoms with van der Waals surface area (Å²) in [6.45, 7) is 3.26. The first-order chi connectivity index (χ1) is 11.9. The molecule has 0 saturated carbocycles. The SMILES string of the molecule is CC(C)C(Cc1ccccc1)C(=O)N1CC(F)(F)CC1c1nn[nH]n1. The van der Waals surface area contributed by atoms with Gasteiger partial charge in [-0.15, -0.1) is 10.2 Å². The third-order valence-electron chi connectivity index (χ3n) is 4.63. The van der Waals surface area contributed by atoms with Crippen molar-refractivity contribution in [3.05, 3.63) is 41.7 Å². The Morgan fingerprint density at radius 2 is 2.08 bits per heavy atom. The third kappa shape index (κ3) is 3.83. The fourth-order valence-corrected chi connectivity index (χ4v) is 3.28. The van der Waals surface area contributed by atoms with Crippen LogP contribution in [0.1, 0.15) is 37.7 Å². The number of tetrazole rings is 1. The molecular weight excluding hydrogens is 328 g/mol. The van der Waals surface area contributed by atoms with Crippen LogP contribution < -0.4 is 0 Å². The van der Waals surface area contributed by atoms with Crippen molar-refractivity contribution in [3.63, 3.8) is 0 Å². The van der Waals surface area contributed by atoms with Crippen molar-refractivity contribution >= 4 is 5.91 Å². The fourth-order valence-electron chi connectivity index (χ4n) is 3.28. The summed E-state index contributed by atoms with van der Waals surface area (Å²) < 4.78 is 28.0. The van der Waals surface area contributed by atoms with Gasteiger partial charge in [-0.1, -0.05) is 49.4 Å². The van der Waals surface area contributed by atoms with E-state index < -0.39 is 24.9 Å². The number of halogens is 2. The van der Waals surface area contributed by atoms with Crippen molar-refractivity contribution < 1.29 is 13.6 Å². The summed E-state index contributed by atoms with van der Waals surface area (Å²) in [7, 11) is 0. The largest absolute Gasteiger partial charge is 0.326 e. The lowest BCUT2D eigenvalue weighted by Gasteiger charge is -2.29. The molecule has 1 amide bonds. The number of aromatic amines is 1. The van der Waals surface area contributed by atoms with Crippen LogP contribution in [0.25, 0.3) is 0 Å². The number of aromatic nitrogens is 4. The number of likely N-dealkylation sites (tertiary alicyclic amines) is 1. The Balaban J connectivity index is 1.84. The average Bonchev–Trinajstić information content (AvgIpc) is 3.20. The van der Waals surface area contributed by atoms with E-state index in [0.717, 1.165) is 5.56 Å². The predicted octanol–water partition coefficient (Wildman–Crippen LogP) is 2.62. The molecule has 2 aromatic rings. The minimum Gasteiger partial charge on any atom is -0.326 e. The predicted molar refractivity (Wildman–Crippen MR) is 86.7 cm³/mol. The molecule has 1 fully saturated rings. The number of hydrogen-bond donors (Lipinski definition) is 1. The molecule has 3 rings (SSSR count). The molecule has 8 heteroatoms. The monoisotopic (exact) mass is 349 g/mol. The maximum absolute atomic E-state index is 14.0. The van der Waals surface area contributed by atoms with Crippen LogP contribution in [0.15, 0.2) is 30.3 Å². The van der Waals surface area contributed by atoms with Crippen LogP contribution >= 0.6 is 0 Å². The van der Waals surface area contributed by atoms with Gasteiger partial charge in [0.15, 0.2) is 5.82 Å². The number of nitrogens with zero attached hydrogens (tertiary/aromatic N) is 4. The Morgan fingerprint density at radius 1 is 1.36 bits per heavy atom. The third-order valence-corrected chi connectivity index (χ3v) is 4.63. The number of hydrogen-bond acceptors (Lipinski definition) is 4. The molecule has 0 radical (unpaired) electrons. The summed E-state index contributed by atoms with van der Waals surface area (Å²) in [6, 6.07) is 8.75. The molecule has 1 aliphatic heterocycles. The second-order valence-corrected chi connectivity index (χ2v) is 6.85. The molecule has 6 nitrogen and oxygen atoms in total. The Morgan fingerprint density at radius 3 is 2.68 bits per heavy atom. The summed E-state index contributed by atoms with van der Waals surface area (Å²) >= 11 is 0. The van der Waals surface area contributed by atoms with E-state index in [1.54, 1.807) is 0 Å². The van der Waals surface area contributed by atoms with E-state index in [9.17, 15) is 13.6 Å². The van der Waals surface area contributed by atoms with E-state index in [-0.39, 0.29) is 23.6 Å². The molecule has 25 heavy (non-hydrogen) atoms. The van der Waals surface area contributed by atoms with Crippen LogP contribution in [-0.4, -0.2) is 43.9 Å². The van der Waals surface area contributed by atoms with E-state index in [1.165, 1.54) is 4.90 Å². The first-order valence-corrected chi connectivity index (χ1v) is 8.33. The number of carbonyl (C=O) groups excluding carboxylic acids is 1. The van der Waals surface area contributed by atoms with Gasteiger partial charge in [-0.05, 0) is 17.9 Å². The van der Waals surface area contributed by atoms with Gasteiger partial charge in [0.2, 0.25) is 5.91 Å². The smallest absolute Gasteiger partial charge is 0.267 e. The number of H-pyrrole nitrogens is 1. The van der Waals surface area contributed by atoms with Gasteiger partial charge in [-0.2, -0.15) is 5.21 Å². The number of benzene rings is 1. The second kappa shape index (κ2) is 6.85. The number of nitrogens with one attached hydrogen (secondary N) is 1. The van der Waals surface area contributed by atoms with E-state index in [1.807, 2.05) is 44.2 Å². The normalized spacial score (nSPS) is 20.8. The summed E-state index contributed by atoms with van der Waals surface area (Å²) in [5.74, 6) is -3.47. The zero-order chi connectivity index (χ0) is 18.0. The minimum absolute atomic E-state index is 0.0212. The van der Waals surface area contributed by atoms with Crippen LogP contribution in [-0.2, 0) is 11.2 Å². The highest BCUT2D eigenvalue weighted by Crippen LogP contribution is 2.41. The lowest BCUT2D eigenvalue weighted by molar-refractivity contribution is -0.139. The summed E-state index contributed by atoms with van der Waals surface area (Å²) in [5.41, 5.74) is 1.01. The van der Waals surface area contributed by atoms with Crippen molar-refractivity contribution in [3.8, 4) is 0 Å². The second-order valence-electron chi connectivity index (χ2n) is 6.85. The Labute approximate surface area is 144 Å². The molecule has 1 aromatic heterocycles. The molecule has 0 spiro atoms. The molecule has 1 N–H and O–H groups in total. The van der Waals surface area contributed by atoms with Crippen molar-refractivity contribution in [2.75, 3.05) is 6.54 Å². The van der Waals surface area contributed by atoms with Gasteiger partial charge >= 0.3 is 0 Å². The van der Waals surface area contributed by atoms with Crippen LogP contribution in [0.2, 0.25) is 0 Å². The van der Waals surface area contributed by atoms with Gasteiger partial charge in [0, 0.05) is 12.3 Å². The Kier molecular flexibility index (Phi) is 4.78. The molecule has 1 saturated heterocycles. The topological polar surface area (TPSA) is 74.8 Å². The lowest BCUT2D eigenvalue weighted by Crippen LogP contribution is -2.40. The number of rotatable bonds is 5. The highest BCUT2D eigenvalue weighted by Gasteiger charge is 2.50. The molecule has 1 aliphatic rings. The Hall–Kier alpha value is -2.38. The summed E-state index contributed by atoms with van der Waals surface area (Å²) in [5, 5.41) is 13.3. The van der Waals surface area contributed by atoms with E-state index in [2.05, 4.69) is 20.6 Å². The van der Waals surface area contributed by atoms with Gasteiger partial charge in [-0.25, -0.2) is 8.78 Å². The van der Waals surface area contributed by atoms with Gasteiger partial charge in [0.1, 0.15) is 6.04 Å². The highest BCUT2D eigenvalue weighted by atomic mass is 19.3. The molecule has 2 unspecified atom stereocenters. The lowest BCUT2D eigenvalue weighted by atomic mass is 9.87. The fraction of sp³-hybridized carbons (Fsp3) is 0.529. The first-order valence-electron chi connectivity index (χ1n) is 8.33. The standard InChI is InChI=1S/C17H21F2N5O/c1-11(2)13(8-12-6-4-3-5-7-12)16(25)24-10-17(18,19)9-14(24)15-20-22-23-21-15/h3-7,11,13-14H,8-10H2,1-2H3,(H,20,21,22,23). The zero-order valence-electron chi connectivity index (χ0n) is 14.2. The average molecular weight is 349 g/mol. The number of carbonyl (C=O) groups is 1. The van der Waals surface area contributed by atoms with Crippen molar-refractivity contribution in [1.82, 2.24) is 25.5 Å². The summed E-state index contributed by atoms with van der Waals surface area (Å²) in [6.07, 6.45) is 0.0345. The van der Waals surface area contributed by atoms with Crippen LogP contribution in [0.3, 0.4) is 0 Å². The van der Waals surface area contributed by atoms with Crippen LogP contribution in [0.5, 0.6) is 0 Å². The van der Waals surface area contributed by atoms with Gasteiger partial charge in [0.25, 0.3) is 5.92 Å². The molecule has 1 aromatic carbocycles. The molecular formula is C17H21F2N5O. The van der Waals surface area contributed by atoms with Crippen molar-refractivity contribution in [1.29, 1.82) is 0 Å². The summed E-state index contributed by atoms with van der Waals surface area (Å²) in [4.78, 5) is 14.3. The Bertz CT molecular complexity index is 705. The molecule has 0 bridgehead atoms. The zero-order valence-corrected chi connectivity index (χ0v) is 14.2. The van der Waals surface area contributed by atoms with Gasteiger partial charge in [-0.3, -0.25) is 4.79 Å². The van der Waals surface area contributed by atoms with Crippen LogP contribution in [0.4, 0.5) is 8.78 Å². The highest BCUT2D eigenvalue weighted by molar-refractivity contribution is 5.80.